The Morgan fingerprint density at radius 3 is 2.85 bits per heavy atom. The molecule has 3 aliphatic rings. The standard InChI is InChI=1S/C20H26O7/c1-5-10(2)18(23)26-15-8-20(4)17(27-20)13(22)6-12(9-21)7-14-16(15)11(3)19(24)25-14/h5,7,13-17,21-22H,3,6,8-9H2,1-2,4H3/b10-5+,12-7-/t13-,14+,15-,16-,17+,20+/m0/s1. The molecule has 0 radical (unpaired) electrons. The molecule has 2 fully saturated rings. The van der Waals surface area contributed by atoms with Crippen LogP contribution in [0.1, 0.15) is 33.6 Å². The predicted molar refractivity (Wildman–Crippen MR) is 95.5 cm³/mol. The van der Waals surface area contributed by atoms with Crippen LogP contribution in [-0.4, -0.2) is 58.8 Å². The number of rotatable bonds is 3. The summed E-state index contributed by atoms with van der Waals surface area (Å²) in [4.78, 5) is 24.5. The fourth-order valence-corrected chi connectivity index (χ4v) is 3.87. The Balaban J connectivity index is 1.99. The molecular weight excluding hydrogens is 352 g/mol. The van der Waals surface area contributed by atoms with E-state index in [-0.39, 0.29) is 18.6 Å². The molecule has 6 atom stereocenters. The van der Waals surface area contributed by atoms with Crippen molar-refractivity contribution in [1.82, 2.24) is 0 Å². The second kappa shape index (κ2) is 7.22. The van der Waals surface area contributed by atoms with Gasteiger partial charge in [0.25, 0.3) is 0 Å². The number of epoxide rings is 1. The molecule has 2 saturated heterocycles. The second-order valence-electron chi connectivity index (χ2n) is 7.65. The molecule has 0 amide bonds. The first-order valence-corrected chi connectivity index (χ1v) is 9.10. The smallest absolute Gasteiger partial charge is 0.334 e. The average molecular weight is 378 g/mol. The van der Waals surface area contributed by atoms with Crippen LogP contribution in [0.25, 0.3) is 0 Å². The second-order valence-corrected chi connectivity index (χ2v) is 7.65. The van der Waals surface area contributed by atoms with Gasteiger partial charge in [-0.15, -0.1) is 0 Å². The summed E-state index contributed by atoms with van der Waals surface area (Å²) >= 11 is 0. The largest absolute Gasteiger partial charge is 0.458 e. The van der Waals surface area contributed by atoms with E-state index in [4.69, 9.17) is 14.2 Å². The van der Waals surface area contributed by atoms with E-state index in [1.54, 1.807) is 26.0 Å². The number of carbonyl (C=O) groups is 2. The number of fused-ring (bicyclic) bond motifs is 2. The molecule has 3 rings (SSSR count). The number of hydrogen-bond acceptors (Lipinski definition) is 7. The third-order valence-electron chi connectivity index (χ3n) is 5.65. The quantitative estimate of drug-likeness (QED) is 0.329. The average Bonchev–Trinajstić information content (AvgIpc) is 3.21. The molecule has 0 aromatic rings. The number of allylic oxidation sites excluding steroid dienone is 1. The summed E-state index contributed by atoms with van der Waals surface area (Å²) in [7, 11) is 0. The molecule has 2 N–H and O–H groups in total. The summed E-state index contributed by atoms with van der Waals surface area (Å²) in [5, 5.41) is 20.1. The molecule has 148 valence electrons. The summed E-state index contributed by atoms with van der Waals surface area (Å²) in [6.45, 7) is 8.78. The Morgan fingerprint density at radius 2 is 2.22 bits per heavy atom. The van der Waals surface area contributed by atoms with E-state index < -0.39 is 47.9 Å². The topological polar surface area (TPSA) is 106 Å². The lowest BCUT2D eigenvalue weighted by atomic mass is 9.82. The molecule has 0 unspecified atom stereocenters. The first-order valence-electron chi connectivity index (χ1n) is 9.10. The molecule has 0 spiro atoms. The summed E-state index contributed by atoms with van der Waals surface area (Å²) in [6, 6.07) is 0. The SMILES string of the molecule is C=C1C(=O)O[C@@H]2/C=C(\CO)C[C@H](O)[C@H]3O[C@]3(C)C[C@H](OC(=O)/C(C)=C/C)[C@@H]12. The van der Waals surface area contributed by atoms with E-state index in [1.165, 1.54) is 0 Å². The molecule has 0 aromatic carbocycles. The Kier molecular flexibility index (Phi) is 5.29. The van der Waals surface area contributed by atoms with Crippen molar-refractivity contribution in [3.8, 4) is 0 Å². The third kappa shape index (κ3) is 3.72. The molecule has 0 saturated carbocycles. The maximum atomic E-state index is 12.4. The van der Waals surface area contributed by atoms with Gasteiger partial charge in [-0.3, -0.25) is 0 Å². The van der Waals surface area contributed by atoms with Gasteiger partial charge >= 0.3 is 11.9 Å². The normalized spacial score (nSPS) is 41.0. The van der Waals surface area contributed by atoms with Gasteiger partial charge in [0.05, 0.1) is 24.2 Å². The summed E-state index contributed by atoms with van der Waals surface area (Å²) < 4.78 is 16.9. The maximum Gasteiger partial charge on any atom is 0.334 e. The Morgan fingerprint density at radius 1 is 1.52 bits per heavy atom. The van der Waals surface area contributed by atoms with Gasteiger partial charge in [0.2, 0.25) is 0 Å². The highest BCUT2D eigenvalue weighted by Gasteiger charge is 2.59. The van der Waals surface area contributed by atoms with Crippen molar-refractivity contribution in [2.75, 3.05) is 6.61 Å². The van der Waals surface area contributed by atoms with Crippen LogP contribution in [0.5, 0.6) is 0 Å². The van der Waals surface area contributed by atoms with E-state index in [0.29, 0.717) is 17.6 Å². The molecule has 2 aliphatic heterocycles. The highest BCUT2D eigenvalue weighted by atomic mass is 16.6. The highest BCUT2D eigenvalue weighted by molar-refractivity contribution is 5.92. The lowest BCUT2D eigenvalue weighted by molar-refractivity contribution is -0.148. The number of aliphatic hydroxyl groups excluding tert-OH is 2. The minimum atomic E-state index is -0.807. The van der Waals surface area contributed by atoms with Gasteiger partial charge in [-0.05, 0) is 38.8 Å². The molecule has 27 heavy (non-hydrogen) atoms. The number of carbonyl (C=O) groups excluding carboxylic acids is 2. The number of ether oxygens (including phenoxy) is 3. The Bertz CT molecular complexity index is 722. The van der Waals surface area contributed by atoms with Gasteiger partial charge in [-0.25, -0.2) is 9.59 Å². The number of aliphatic hydroxyl groups is 2. The fraction of sp³-hybridized carbons (Fsp3) is 0.600. The van der Waals surface area contributed by atoms with Crippen molar-refractivity contribution >= 4 is 11.9 Å². The summed E-state index contributed by atoms with van der Waals surface area (Å²) in [5.41, 5.74) is 0.521. The van der Waals surface area contributed by atoms with Crippen molar-refractivity contribution in [3.63, 3.8) is 0 Å². The van der Waals surface area contributed by atoms with E-state index >= 15 is 0 Å². The molecule has 7 nitrogen and oxygen atoms in total. The summed E-state index contributed by atoms with van der Waals surface area (Å²) in [5.74, 6) is -1.62. The number of esters is 2. The lowest BCUT2D eigenvalue weighted by Gasteiger charge is -2.29. The van der Waals surface area contributed by atoms with E-state index in [1.807, 2.05) is 6.92 Å². The van der Waals surface area contributed by atoms with Crippen molar-refractivity contribution in [2.24, 2.45) is 5.92 Å². The van der Waals surface area contributed by atoms with Crippen LogP contribution in [0, 0.1) is 5.92 Å². The zero-order valence-electron chi connectivity index (χ0n) is 15.8. The van der Waals surface area contributed by atoms with Gasteiger partial charge in [0.1, 0.15) is 18.3 Å². The zero-order valence-corrected chi connectivity index (χ0v) is 15.8. The molecular formula is C20H26O7. The highest BCUT2D eigenvalue weighted by Crippen LogP contribution is 2.48. The van der Waals surface area contributed by atoms with Crippen LogP contribution < -0.4 is 0 Å². The van der Waals surface area contributed by atoms with Crippen molar-refractivity contribution in [2.45, 2.75) is 63.6 Å². The van der Waals surface area contributed by atoms with E-state index in [9.17, 15) is 19.8 Å². The van der Waals surface area contributed by atoms with E-state index in [0.717, 1.165) is 0 Å². The maximum absolute atomic E-state index is 12.4. The van der Waals surface area contributed by atoms with E-state index in [2.05, 4.69) is 6.58 Å². The third-order valence-corrected chi connectivity index (χ3v) is 5.65. The molecule has 0 aromatic heterocycles. The van der Waals surface area contributed by atoms with Gasteiger partial charge in [-0.1, -0.05) is 12.7 Å². The van der Waals surface area contributed by atoms with Crippen molar-refractivity contribution < 1.29 is 34.0 Å². The zero-order chi connectivity index (χ0) is 19.9. The van der Waals surface area contributed by atoms with Crippen molar-refractivity contribution in [1.29, 1.82) is 0 Å². The van der Waals surface area contributed by atoms with Crippen LogP contribution in [0.2, 0.25) is 0 Å². The summed E-state index contributed by atoms with van der Waals surface area (Å²) in [6.07, 6.45) is 1.12. The van der Waals surface area contributed by atoms with Crippen LogP contribution in [0.3, 0.4) is 0 Å². The molecule has 7 heteroatoms. The molecule has 1 aliphatic carbocycles. The monoisotopic (exact) mass is 378 g/mol. The Hall–Kier alpha value is -1.96. The minimum Gasteiger partial charge on any atom is -0.458 e. The minimum absolute atomic E-state index is 0.214. The fourth-order valence-electron chi connectivity index (χ4n) is 3.87. The lowest BCUT2D eigenvalue weighted by Crippen LogP contribution is -2.38. The predicted octanol–water partition coefficient (Wildman–Crippen LogP) is 1.19. The van der Waals surface area contributed by atoms with Gasteiger partial charge in [0, 0.05) is 17.6 Å². The van der Waals surface area contributed by atoms with Crippen molar-refractivity contribution in [3.05, 3.63) is 35.5 Å². The van der Waals surface area contributed by atoms with Crippen LogP contribution in [0.15, 0.2) is 35.5 Å². The van der Waals surface area contributed by atoms with Gasteiger partial charge in [0.15, 0.2) is 0 Å². The van der Waals surface area contributed by atoms with Crippen LogP contribution in [-0.2, 0) is 23.8 Å². The number of hydrogen-bond donors (Lipinski definition) is 2. The van der Waals surface area contributed by atoms with Crippen LogP contribution in [0.4, 0.5) is 0 Å². The van der Waals surface area contributed by atoms with Crippen LogP contribution >= 0.6 is 0 Å². The molecule has 2 heterocycles. The Labute approximate surface area is 158 Å². The molecule has 0 bridgehead atoms. The first-order chi connectivity index (χ1) is 12.7. The first kappa shape index (κ1) is 19.8. The van der Waals surface area contributed by atoms with Gasteiger partial charge in [-0.2, -0.15) is 0 Å². The van der Waals surface area contributed by atoms with Gasteiger partial charge < -0.3 is 24.4 Å².